The Labute approximate surface area is 126 Å². The average molecular weight is 298 g/mol. The van der Waals surface area contributed by atoms with Gasteiger partial charge in [0.25, 0.3) is 0 Å². The number of carbonyl (C=O) groups excluding carboxylic acids is 1. The number of amides is 1. The summed E-state index contributed by atoms with van der Waals surface area (Å²) in [7, 11) is 1.61. The standard InChI is InChI=1S/C16H24ClNO2/c1-4-12(5-2)14(17)11-18-16(19)10-13-8-6-7-9-15(13)20-3/h6-9,12,14H,4-5,10-11H2,1-3H3,(H,18,19). The first-order valence-corrected chi connectivity index (χ1v) is 7.58. The van der Waals surface area contributed by atoms with Gasteiger partial charge in [-0.3, -0.25) is 4.79 Å². The third-order valence-corrected chi connectivity index (χ3v) is 4.11. The third-order valence-electron chi connectivity index (χ3n) is 3.60. The van der Waals surface area contributed by atoms with Crippen molar-refractivity contribution in [1.82, 2.24) is 5.32 Å². The number of carbonyl (C=O) groups is 1. The van der Waals surface area contributed by atoms with Crippen LogP contribution in [0.25, 0.3) is 0 Å². The van der Waals surface area contributed by atoms with Crippen LogP contribution in [-0.2, 0) is 11.2 Å². The summed E-state index contributed by atoms with van der Waals surface area (Å²) < 4.78 is 5.24. The van der Waals surface area contributed by atoms with Crippen molar-refractivity contribution in [2.24, 2.45) is 5.92 Å². The molecule has 0 radical (unpaired) electrons. The van der Waals surface area contributed by atoms with Crippen LogP contribution in [0.5, 0.6) is 5.75 Å². The average Bonchev–Trinajstić information content (AvgIpc) is 2.47. The lowest BCUT2D eigenvalue weighted by atomic mass is 9.99. The van der Waals surface area contributed by atoms with Gasteiger partial charge in [-0.1, -0.05) is 44.9 Å². The van der Waals surface area contributed by atoms with E-state index in [1.165, 1.54) is 0 Å². The van der Waals surface area contributed by atoms with Gasteiger partial charge in [-0.2, -0.15) is 0 Å². The molecule has 0 aliphatic rings. The van der Waals surface area contributed by atoms with Crippen molar-refractivity contribution in [2.75, 3.05) is 13.7 Å². The normalized spacial score (nSPS) is 12.2. The molecule has 0 fully saturated rings. The van der Waals surface area contributed by atoms with Crippen LogP contribution in [0.1, 0.15) is 32.3 Å². The van der Waals surface area contributed by atoms with E-state index in [4.69, 9.17) is 16.3 Å². The molecule has 1 unspecified atom stereocenters. The maximum absolute atomic E-state index is 12.0. The van der Waals surface area contributed by atoms with E-state index >= 15 is 0 Å². The predicted molar refractivity (Wildman–Crippen MR) is 83.4 cm³/mol. The SMILES string of the molecule is CCC(CC)C(Cl)CNC(=O)Cc1ccccc1OC. The lowest BCUT2D eigenvalue weighted by molar-refractivity contribution is -0.120. The smallest absolute Gasteiger partial charge is 0.224 e. The van der Waals surface area contributed by atoms with Gasteiger partial charge in [-0.15, -0.1) is 11.6 Å². The Bertz CT molecular complexity index is 419. The van der Waals surface area contributed by atoms with Crippen molar-refractivity contribution >= 4 is 17.5 Å². The molecule has 1 aromatic carbocycles. The van der Waals surface area contributed by atoms with Crippen LogP contribution < -0.4 is 10.1 Å². The highest BCUT2D eigenvalue weighted by atomic mass is 35.5. The highest BCUT2D eigenvalue weighted by Gasteiger charge is 2.17. The van der Waals surface area contributed by atoms with E-state index in [2.05, 4.69) is 19.2 Å². The van der Waals surface area contributed by atoms with Gasteiger partial charge < -0.3 is 10.1 Å². The number of methoxy groups -OCH3 is 1. The number of rotatable bonds is 8. The summed E-state index contributed by atoms with van der Waals surface area (Å²) in [6.45, 7) is 4.77. The zero-order valence-electron chi connectivity index (χ0n) is 12.5. The molecule has 0 saturated heterocycles. The molecule has 0 aliphatic heterocycles. The molecule has 1 rings (SSSR count). The highest BCUT2D eigenvalue weighted by Crippen LogP contribution is 2.19. The molecule has 1 amide bonds. The number of nitrogens with one attached hydrogen (secondary N) is 1. The van der Waals surface area contributed by atoms with E-state index in [-0.39, 0.29) is 11.3 Å². The molecule has 4 heteroatoms. The molecule has 1 atom stereocenters. The minimum Gasteiger partial charge on any atom is -0.496 e. The van der Waals surface area contributed by atoms with Crippen molar-refractivity contribution in [3.05, 3.63) is 29.8 Å². The summed E-state index contributed by atoms with van der Waals surface area (Å²) in [5.41, 5.74) is 0.890. The number of benzene rings is 1. The van der Waals surface area contributed by atoms with Crippen LogP contribution in [0.15, 0.2) is 24.3 Å². The molecule has 1 N–H and O–H groups in total. The summed E-state index contributed by atoms with van der Waals surface area (Å²) in [5, 5.41) is 2.90. The van der Waals surface area contributed by atoms with Crippen LogP contribution in [0, 0.1) is 5.92 Å². The summed E-state index contributed by atoms with van der Waals surface area (Å²) in [6.07, 6.45) is 2.39. The van der Waals surface area contributed by atoms with Gasteiger partial charge in [0.05, 0.1) is 18.9 Å². The van der Waals surface area contributed by atoms with E-state index < -0.39 is 0 Å². The Morgan fingerprint density at radius 1 is 1.30 bits per heavy atom. The minimum absolute atomic E-state index is 0.00776. The monoisotopic (exact) mass is 297 g/mol. The van der Waals surface area contributed by atoms with Crippen molar-refractivity contribution in [2.45, 2.75) is 38.5 Å². The van der Waals surface area contributed by atoms with Crippen molar-refractivity contribution in [3.63, 3.8) is 0 Å². The zero-order chi connectivity index (χ0) is 15.0. The number of halogens is 1. The third kappa shape index (κ3) is 5.04. The number of ether oxygens (including phenoxy) is 1. The van der Waals surface area contributed by atoms with Crippen LogP contribution >= 0.6 is 11.6 Å². The van der Waals surface area contributed by atoms with Gasteiger partial charge in [0.1, 0.15) is 5.75 Å². The van der Waals surface area contributed by atoms with Crippen LogP contribution in [0.4, 0.5) is 0 Å². The summed E-state index contributed by atoms with van der Waals surface area (Å²) in [6, 6.07) is 7.55. The molecule has 0 bridgehead atoms. The van der Waals surface area contributed by atoms with E-state index in [0.717, 1.165) is 24.2 Å². The topological polar surface area (TPSA) is 38.3 Å². The lowest BCUT2D eigenvalue weighted by Crippen LogP contribution is -2.34. The van der Waals surface area contributed by atoms with Crippen LogP contribution in [0.2, 0.25) is 0 Å². The molecular weight excluding hydrogens is 274 g/mol. The van der Waals surface area contributed by atoms with Crippen molar-refractivity contribution in [3.8, 4) is 5.75 Å². The molecule has 112 valence electrons. The number of para-hydroxylation sites is 1. The molecule has 3 nitrogen and oxygen atoms in total. The first-order chi connectivity index (χ1) is 9.62. The fourth-order valence-corrected chi connectivity index (χ4v) is 2.70. The van der Waals surface area contributed by atoms with Gasteiger partial charge in [-0.05, 0) is 12.0 Å². The van der Waals surface area contributed by atoms with Gasteiger partial charge in [0, 0.05) is 12.1 Å². The number of hydrogen-bond donors (Lipinski definition) is 1. The Kier molecular flexibility index (Phi) is 7.45. The van der Waals surface area contributed by atoms with Gasteiger partial charge in [-0.25, -0.2) is 0 Å². The van der Waals surface area contributed by atoms with Gasteiger partial charge in [0.15, 0.2) is 0 Å². The quantitative estimate of drug-likeness (QED) is 0.747. The predicted octanol–water partition coefficient (Wildman–Crippen LogP) is 3.40. The largest absolute Gasteiger partial charge is 0.496 e. The summed E-state index contributed by atoms with van der Waals surface area (Å²) >= 11 is 6.31. The minimum atomic E-state index is -0.0221. The van der Waals surface area contributed by atoms with E-state index in [1.54, 1.807) is 7.11 Å². The maximum atomic E-state index is 12.0. The molecular formula is C16H24ClNO2. The Balaban J connectivity index is 2.48. The summed E-state index contributed by atoms with van der Waals surface area (Å²) in [5.74, 6) is 1.17. The maximum Gasteiger partial charge on any atom is 0.224 e. The molecule has 0 spiro atoms. The Morgan fingerprint density at radius 2 is 1.95 bits per heavy atom. The zero-order valence-corrected chi connectivity index (χ0v) is 13.2. The molecule has 1 aromatic rings. The van der Waals surface area contributed by atoms with E-state index in [9.17, 15) is 4.79 Å². The Morgan fingerprint density at radius 3 is 2.55 bits per heavy atom. The lowest BCUT2D eigenvalue weighted by Gasteiger charge is -2.19. The van der Waals surface area contributed by atoms with Crippen molar-refractivity contribution < 1.29 is 9.53 Å². The molecule has 0 aromatic heterocycles. The second-order valence-corrected chi connectivity index (χ2v) is 5.45. The Hall–Kier alpha value is -1.22. The fraction of sp³-hybridized carbons (Fsp3) is 0.562. The summed E-state index contributed by atoms with van der Waals surface area (Å²) in [4.78, 5) is 12.0. The van der Waals surface area contributed by atoms with Crippen LogP contribution in [0.3, 0.4) is 0 Å². The molecule has 20 heavy (non-hydrogen) atoms. The van der Waals surface area contributed by atoms with Crippen LogP contribution in [-0.4, -0.2) is 24.9 Å². The second kappa shape index (κ2) is 8.85. The van der Waals surface area contributed by atoms with Gasteiger partial charge in [0.2, 0.25) is 5.91 Å². The molecule has 0 saturated carbocycles. The first-order valence-electron chi connectivity index (χ1n) is 7.15. The molecule has 0 heterocycles. The number of alkyl halides is 1. The first kappa shape index (κ1) is 16.8. The van der Waals surface area contributed by atoms with E-state index in [0.29, 0.717) is 18.9 Å². The van der Waals surface area contributed by atoms with E-state index in [1.807, 2.05) is 24.3 Å². The molecule has 0 aliphatic carbocycles. The highest BCUT2D eigenvalue weighted by molar-refractivity contribution is 6.21. The number of hydrogen-bond acceptors (Lipinski definition) is 2. The van der Waals surface area contributed by atoms with Gasteiger partial charge >= 0.3 is 0 Å². The fourth-order valence-electron chi connectivity index (χ4n) is 2.26. The van der Waals surface area contributed by atoms with Crippen molar-refractivity contribution in [1.29, 1.82) is 0 Å². The second-order valence-electron chi connectivity index (χ2n) is 4.89.